The minimum Gasteiger partial charge on any atom is -0.449 e. The van der Waals surface area contributed by atoms with Crippen LogP contribution in [0.25, 0.3) is 0 Å². The van der Waals surface area contributed by atoms with Gasteiger partial charge in [0.15, 0.2) is 6.10 Å². The molecule has 0 spiro atoms. The maximum absolute atomic E-state index is 12.8. The van der Waals surface area contributed by atoms with Gasteiger partial charge in [0.05, 0.1) is 17.1 Å². The van der Waals surface area contributed by atoms with E-state index in [1.54, 1.807) is 4.90 Å². The molecular formula is C20H21N3O6. The van der Waals surface area contributed by atoms with E-state index in [4.69, 9.17) is 9.84 Å². The van der Waals surface area contributed by atoms with Gasteiger partial charge in [-0.1, -0.05) is 18.2 Å². The van der Waals surface area contributed by atoms with E-state index in [9.17, 15) is 19.7 Å². The Morgan fingerprint density at radius 2 is 2.07 bits per heavy atom. The van der Waals surface area contributed by atoms with Gasteiger partial charge in [-0.15, -0.1) is 0 Å². The summed E-state index contributed by atoms with van der Waals surface area (Å²) in [4.78, 5) is 37.5. The molecule has 1 heterocycles. The molecule has 1 amide bonds. The second kappa shape index (κ2) is 8.70. The molecule has 1 aliphatic rings. The molecule has 0 bridgehead atoms. The zero-order valence-electron chi connectivity index (χ0n) is 15.8. The first-order chi connectivity index (χ1) is 13.9. The van der Waals surface area contributed by atoms with Gasteiger partial charge in [-0.05, 0) is 31.0 Å². The van der Waals surface area contributed by atoms with E-state index < -0.39 is 17.0 Å². The number of fused-ring (bicyclic) bond motifs is 1. The van der Waals surface area contributed by atoms with E-state index in [1.807, 2.05) is 24.3 Å². The Morgan fingerprint density at radius 1 is 1.31 bits per heavy atom. The van der Waals surface area contributed by atoms with Crippen molar-refractivity contribution < 1.29 is 24.4 Å². The van der Waals surface area contributed by atoms with Crippen LogP contribution < -0.4 is 10.2 Å². The third kappa shape index (κ3) is 4.35. The van der Waals surface area contributed by atoms with Gasteiger partial charge in [-0.25, -0.2) is 4.79 Å². The number of rotatable bonds is 7. The van der Waals surface area contributed by atoms with Crippen molar-refractivity contribution in [2.75, 3.05) is 29.9 Å². The molecule has 1 aliphatic heterocycles. The molecule has 29 heavy (non-hydrogen) atoms. The fourth-order valence-electron chi connectivity index (χ4n) is 3.22. The molecule has 0 aromatic heterocycles. The number of nitrogens with zero attached hydrogens (tertiary/aromatic N) is 2. The van der Waals surface area contributed by atoms with Gasteiger partial charge >= 0.3 is 5.97 Å². The van der Waals surface area contributed by atoms with Gasteiger partial charge in [-0.3, -0.25) is 14.9 Å². The summed E-state index contributed by atoms with van der Waals surface area (Å²) in [5.41, 5.74) is 1.77. The average Bonchev–Trinajstić information content (AvgIpc) is 3.15. The van der Waals surface area contributed by atoms with Gasteiger partial charge in [-0.2, -0.15) is 0 Å². The molecule has 0 fully saturated rings. The van der Waals surface area contributed by atoms with E-state index in [0.717, 1.165) is 23.7 Å². The van der Waals surface area contributed by atoms with Crippen LogP contribution >= 0.6 is 0 Å². The van der Waals surface area contributed by atoms with Crippen LogP contribution in [0.1, 0.15) is 22.8 Å². The van der Waals surface area contributed by atoms with Crippen molar-refractivity contribution in [2.24, 2.45) is 0 Å². The summed E-state index contributed by atoms with van der Waals surface area (Å²) < 4.78 is 5.33. The summed E-state index contributed by atoms with van der Waals surface area (Å²) in [6.45, 7) is 1.94. The lowest BCUT2D eigenvalue weighted by atomic mass is 10.1. The Balaban J connectivity index is 1.77. The molecule has 1 atom stereocenters. The van der Waals surface area contributed by atoms with E-state index >= 15 is 0 Å². The monoisotopic (exact) mass is 399 g/mol. The van der Waals surface area contributed by atoms with Crippen LogP contribution in [0.2, 0.25) is 0 Å². The molecule has 9 heteroatoms. The van der Waals surface area contributed by atoms with E-state index in [0.29, 0.717) is 6.54 Å². The van der Waals surface area contributed by atoms with Crippen LogP contribution in [-0.4, -0.2) is 47.7 Å². The summed E-state index contributed by atoms with van der Waals surface area (Å²) in [5, 5.41) is 22.8. The first-order valence-corrected chi connectivity index (χ1v) is 9.16. The second-order valence-electron chi connectivity index (χ2n) is 6.55. The number of aliphatic hydroxyl groups excluding tert-OH is 1. The van der Waals surface area contributed by atoms with Crippen LogP contribution in [0.4, 0.5) is 17.1 Å². The predicted octanol–water partition coefficient (Wildman–Crippen LogP) is 2.13. The number of nitrogens with one attached hydrogen (secondary N) is 1. The number of amides is 1. The molecule has 2 aromatic carbocycles. The van der Waals surface area contributed by atoms with Gasteiger partial charge in [0.1, 0.15) is 0 Å². The summed E-state index contributed by atoms with van der Waals surface area (Å²) in [5.74, 6) is -1.22. The second-order valence-corrected chi connectivity index (χ2v) is 6.55. The number of carbonyl (C=O) groups excluding carboxylic acids is 2. The Bertz CT molecular complexity index is 946. The molecule has 0 unspecified atom stereocenters. The number of hydrogen-bond donors (Lipinski definition) is 2. The Morgan fingerprint density at radius 3 is 2.79 bits per heavy atom. The maximum Gasteiger partial charge on any atom is 0.341 e. The first kappa shape index (κ1) is 20.3. The van der Waals surface area contributed by atoms with Gasteiger partial charge in [0.2, 0.25) is 0 Å². The Kier molecular flexibility index (Phi) is 6.08. The Hall–Kier alpha value is -3.46. The van der Waals surface area contributed by atoms with Crippen molar-refractivity contribution >= 4 is 28.9 Å². The number of para-hydroxylation sites is 1. The summed E-state index contributed by atoms with van der Waals surface area (Å²) in [6, 6.07) is 11.2. The van der Waals surface area contributed by atoms with Crippen molar-refractivity contribution in [3.8, 4) is 0 Å². The fourth-order valence-corrected chi connectivity index (χ4v) is 3.22. The smallest absolute Gasteiger partial charge is 0.341 e. The van der Waals surface area contributed by atoms with Crippen LogP contribution in [-0.2, 0) is 16.0 Å². The molecule has 0 aliphatic carbocycles. The number of ether oxygens (including phenoxy) is 1. The Labute approximate surface area is 167 Å². The number of hydrogen-bond acceptors (Lipinski definition) is 7. The number of nitro groups is 1. The van der Waals surface area contributed by atoms with Crippen LogP contribution in [0.5, 0.6) is 0 Å². The van der Waals surface area contributed by atoms with Crippen molar-refractivity contribution in [2.45, 2.75) is 19.4 Å². The molecule has 152 valence electrons. The van der Waals surface area contributed by atoms with Gasteiger partial charge < -0.3 is 20.1 Å². The quantitative estimate of drug-likeness (QED) is 0.415. The number of non-ortho nitro benzene ring substituents is 1. The molecule has 3 rings (SSSR count). The van der Waals surface area contributed by atoms with E-state index in [-0.39, 0.29) is 36.0 Å². The topological polar surface area (TPSA) is 122 Å². The maximum atomic E-state index is 12.8. The highest BCUT2D eigenvalue weighted by molar-refractivity contribution is 6.02. The van der Waals surface area contributed by atoms with Gasteiger partial charge in [0, 0.05) is 36.6 Å². The zero-order valence-corrected chi connectivity index (χ0v) is 15.8. The molecule has 0 saturated carbocycles. The van der Waals surface area contributed by atoms with Crippen molar-refractivity contribution in [3.05, 3.63) is 63.7 Å². The molecule has 2 aromatic rings. The normalized spacial score (nSPS) is 13.5. The standard InChI is InChI=1S/C20H21N3O6/c1-13(19(25)22-10-8-14-4-2-3-5-18(14)22)29-20(26)16-12-15(23(27)28)6-7-17(16)21-9-11-24/h2-7,12-13,21,24H,8-11H2,1H3/t13-/m0/s1. The largest absolute Gasteiger partial charge is 0.449 e. The van der Waals surface area contributed by atoms with Gasteiger partial charge in [0.25, 0.3) is 11.6 Å². The van der Waals surface area contributed by atoms with E-state index in [2.05, 4.69) is 5.32 Å². The number of aliphatic hydroxyl groups is 1. The molecule has 9 nitrogen and oxygen atoms in total. The molecule has 0 radical (unpaired) electrons. The van der Waals surface area contributed by atoms with Crippen LogP contribution in [0, 0.1) is 10.1 Å². The lowest BCUT2D eigenvalue weighted by Crippen LogP contribution is -2.39. The minimum atomic E-state index is -1.07. The summed E-state index contributed by atoms with van der Waals surface area (Å²) in [6.07, 6.45) is -0.346. The highest BCUT2D eigenvalue weighted by atomic mass is 16.6. The average molecular weight is 399 g/mol. The third-order valence-corrected chi connectivity index (χ3v) is 4.65. The number of nitro benzene ring substituents is 1. The molecular weight excluding hydrogens is 378 g/mol. The summed E-state index contributed by atoms with van der Waals surface area (Å²) >= 11 is 0. The zero-order chi connectivity index (χ0) is 21.0. The number of esters is 1. The van der Waals surface area contributed by atoms with Crippen molar-refractivity contribution in [3.63, 3.8) is 0 Å². The van der Waals surface area contributed by atoms with Crippen LogP contribution in [0.15, 0.2) is 42.5 Å². The number of benzene rings is 2. The highest BCUT2D eigenvalue weighted by Crippen LogP contribution is 2.29. The lowest BCUT2D eigenvalue weighted by molar-refractivity contribution is -0.384. The summed E-state index contributed by atoms with van der Waals surface area (Å²) in [7, 11) is 0. The molecule has 0 saturated heterocycles. The predicted molar refractivity (Wildman–Crippen MR) is 106 cm³/mol. The van der Waals surface area contributed by atoms with Crippen LogP contribution in [0.3, 0.4) is 0 Å². The molecule has 2 N–H and O–H groups in total. The number of anilines is 2. The first-order valence-electron chi connectivity index (χ1n) is 9.16. The highest BCUT2D eigenvalue weighted by Gasteiger charge is 2.30. The van der Waals surface area contributed by atoms with E-state index in [1.165, 1.54) is 19.1 Å². The van der Waals surface area contributed by atoms with Crippen molar-refractivity contribution in [1.82, 2.24) is 0 Å². The SMILES string of the molecule is C[C@H](OC(=O)c1cc([N+](=O)[O-])ccc1NCCO)C(=O)N1CCc2ccccc21. The fraction of sp³-hybridized carbons (Fsp3) is 0.300. The third-order valence-electron chi connectivity index (χ3n) is 4.65. The van der Waals surface area contributed by atoms with Crippen molar-refractivity contribution in [1.29, 1.82) is 0 Å². The lowest BCUT2D eigenvalue weighted by Gasteiger charge is -2.22. The number of carbonyl (C=O) groups is 2. The minimum absolute atomic E-state index is 0.0749.